The third kappa shape index (κ3) is 5.50. The number of hydrogen-bond donors (Lipinski definition) is 0. The molecule has 1 aromatic heterocycles. The summed E-state index contributed by atoms with van der Waals surface area (Å²) in [6.07, 6.45) is 6.53. The number of allylic oxidation sites excluding steroid dienone is 2. The highest BCUT2D eigenvalue weighted by Gasteiger charge is 2.36. The molecule has 2 unspecified atom stereocenters. The lowest BCUT2D eigenvalue weighted by Crippen LogP contribution is -2.19. The molecule has 0 spiro atoms. The average molecular weight is 704 g/mol. The first kappa shape index (κ1) is 31.4. The van der Waals surface area contributed by atoms with E-state index in [4.69, 9.17) is 19.7 Å². The summed E-state index contributed by atoms with van der Waals surface area (Å²) < 4.78 is 6.31. The molecular weight excluding hydrogens is 671 g/mol. The number of rotatable bonds is 5. The summed E-state index contributed by atoms with van der Waals surface area (Å²) in [5, 5.41) is 7.07. The summed E-state index contributed by atoms with van der Waals surface area (Å²) in [4.78, 5) is 15.3. The van der Waals surface area contributed by atoms with Crippen molar-refractivity contribution in [2.45, 2.75) is 12.0 Å². The van der Waals surface area contributed by atoms with Crippen molar-refractivity contribution in [2.75, 3.05) is 0 Å². The molecule has 8 aromatic carbocycles. The van der Waals surface area contributed by atoms with E-state index in [-0.39, 0.29) is 12.0 Å². The normalized spacial score (nSPS) is 15.8. The third-order valence-corrected chi connectivity index (χ3v) is 11.1. The van der Waals surface area contributed by atoms with Gasteiger partial charge in [-0.3, -0.25) is 0 Å². The van der Waals surface area contributed by atoms with Gasteiger partial charge in [-0.25, -0.2) is 15.0 Å². The molecule has 2 atom stereocenters. The summed E-state index contributed by atoms with van der Waals surface area (Å²) in [5.41, 5.74) is 8.90. The predicted molar refractivity (Wildman–Crippen MR) is 225 cm³/mol. The van der Waals surface area contributed by atoms with Gasteiger partial charge in [0.25, 0.3) is 0 Å². The van der Waals surface area contributed by atoms with Crippen LogP contribution < -0.4 is 4.74 Å². The number of aromatic nitrogens is 3. The molecule has 4 nitrogen and oxygen atoms in total. The monoisotopic (exact) mass is 703 g/mol. The summed E-state index contributed by atoms with van der Waals surface area (Å²) in [7, 11) is 0. The van der Waals surface area contributed by atoms with Crippen molar-refractivity contribution in [1.29, 1.82) is 0 Å². The zero-order valence-corrected chi connectivity index (χ0v) is 29.8. The number of ether oxygens (including phenoxy) is 1. The van der Waals surface area contributed by atoms with E-state index in [2.05, 4.69) is 182 Å². The van der Waals surface area contributed by atoms with Crippen LogP contribution in [0, 0.1) is 0 Å². The van der Waals surface area contributed by atoms with Crippen LogP contribution in [0.3, 0.4) is 0 Å². The third-order valence-electron chi connectivity index (χ3n) is 11.1. The van der Waals surface area contributed by atoms with Crippen molar-refractivity contribution >= 4 is 37.9 Å². The van der Waals surface area contributed by atoms with Crippen molar-refractivity contribution in [2.24, 2.45) is 0 Å². The van der Waals surface area contributed by atoms with E-state index in [1.165, 1.54) is 38.4 Å². The Morgan fingerprint density at radius 2 is 0.964 bits per heavy atom. The van der Waals surface area contributed by atoms with Gasteiger partial charge in [0.1, 0.15) is 11.9 Å². The maximum Gasteiger partial charge on any atom is 0.164 e. The van der Waals surface area contributed by atoms with Gasteiger partial charge in [0.05, 0.1) is 5.92 Å². The zero-order chi connectivity index (χ0) is 36.3. The van der Waals surface area contributed by atoms with Gasteiger partial charge < -0.3 is 4.74 Å². The number of hydrogen-bond acceptors (Lipinski definition) is 4. The van der Waals surface area contributed by atoms with Gasteiger partial charge in [-0.05, 0) is 84.9 Å². The SMILES string of the molecule is C1=CC2Oc3ccccc3C2C(c2ccc3cc(-c4nc(-c5ccc(-c6cccc7ccccc67)cc5)nc(-c5ccc6ccccc6c5)n4)ccc3c2)=C1. The molecule has 0 fully saturated rings. The van der Waals surface area contributed by atoms with E-state index in [0.717, 1.165) is 44.2 Å². The lowest BCUT2D eigenvalue weighted by Gasteiger charge is -2.23. The zero-order valence-electron chi connectivity index (χ0n) is 29.8. The second-order valence-electron chi connectivity index (χ2n) is 14.4. The topological polar surface area (TPSA) is 47.9 Å². The van der Waals surface area contributed by atoms with Crippen LogP contribution in [0.25, 0.3) is 83.2 Å². The maximum atomic E-state index is 6.31. The molecule has 9 aromatic rings. The summed E-state index contributed by atoms with van der Waals surface area (Å²) in [6.45, 7) is 0. The molecule has 2 aliphatic rings. The molecule has 2 heterocycles. The minimum Gasteiger partial charge on any atom is -0.485 e. The summed E-state index contributed by atoms with van der Waals surface area (Å²) in [5.74, 6) is 3.07. The van der Waals surface area contributed by atoms with E-state index in [1.54, 1.807) is 0 Å². The number of nitrogens with zero attached hydrogens (tertiary/aromatic N) is 3. The number of benzene rings is 8. The molecule has 55 heavy (non-hydrogen) atoms. The van der Waals surface area contributed by atoms with Gasteiger partial charge in [0, 0.05) is 22.3 Å². The van der Waals surface area contributed by atoms with Crippen LogP contribution in [-0.2, 0) is 0 Å². The van der Waals surface area contributed by atoms with Crippen molar-refractivity contribution in [3.8, 4) is 51.0 Å². The van der Waals surface area contributed by atoms with Crippen LogP contribution in [0.1, 0.15) is 17.0 Å². The smallest absolute Gasteiger partial charge is 0.164 e. The highest BCUT2D eigenvalue weighted by molar-refractivity contribution is 5.97. The summed E-state index contributed by atoms with van der Waals surface area (Å²) in [6, 6.07) is 60.0. The molecule has 258 valence electrons. The van der Waals surface area contributed by atoms with E-state index >= 15 is 0 Å². The quantitative estimate of drug-likeness (QED) is 0.179. The molecule has 0 N–H and O–H groups in total. The van der Waals surface area contributed by atoms with Crippen molar-refractivity contribution in [3.63, 3.8) is 0 Å². The molecule has 0 amide bonds. The highest BCUT2D eigenvalue weighted by atomic mass is 16.5. The molecule has 0 saturated heterocycles. The first-order chi connectivity index (χ1) is 27.2. The first-order valence-corrected chi connectivity index (χ1v) is 18.7. The van der Waals surface area contributed by atoms with Gasteiger partial charge in [0.15, 0.2) is 17.5 Å². The Hall–Kier alpha value is -7.17. The molecule has 1 aliphatic carbocycles. The first-order valence-electron chi connectivity index (χ1n) is 18.7. The minimum atomic E-state index is 0.0136. The summed E-state index contributed by atoms with van der Waals surface area (Å²) >= 11 is 0. The van der Waals surface area contributed by atoms with Gasteiger partial charge in [-0.2, -0.15) is 0 Å². The number of para-hydroxylation sites is 1. The molecule has 11 rings (SSSR count). The molecular formula is C51H33N3O. The highest BCUT2D eigenvalue weighted by Crippen LogP contribution is 2.48. The van der Waals surface area contributed by atoms with Gasteiger partial charge >= 0.3 is 0 Å². The molecule has 4 heteroatoms. The van der Waals surface area contributed by atoms with E-state index in [9.17, 15) is 0 Å². The van der Waals surface area contributed by atoms with Crippen LogP contribution >= 0.6 is 0 Å². The fourth-order valence-electron chi connectivity index (χ4n) is 8.31. The molecule has 1 aliphatic heterocycles. The van der Waals surface area contributed by atoms with Crippen LogP contribution in [0.4, 0.5) is 0 Å². The number of fused-ring (bicyclic) bond motifs is 6. The Balaban J connectivity index is 0.990. The standard InChI is InChI=1S/C51H33N3O/c1-2-11-36-30-40(27-19-32(36)9-1)50-52-49(35-22-20-34(21-23-35)43-15-7-12-33-10-3-4-13-42(33)43)53-51(54-50)41-28-25-37-29-39(26-24-38(37)31-41)44-16-8-18-47-48(44)45-14-5-6-17-46(45)55-47/h1-31,47-48H. The van der Waals surface area contributed by atoms with Gasteiger partial charge in [0.2, 0.25) is 0 Å². The van der Waals surface area contributed by atoms with Crippen molar-refractivity contribution < 1.29 is 4.74 Å². The molecule has 0 bridgehead atoms. The Kier molecular flexibility index (Phi) is 7.27. The lowest BCUT2D eigenvalue weighted by atomic mass is 9.81. The lowest BCUT2D eigenvalue weighted by molar-refractivity contribution is 0.271. The minimum absolute atomic E-state index is 0.0136. The molecule has 0 saturated carbocycles. The molecule has 0 radical (unpaired) electrons. The second kappa shape index (κ2) is 12.8. The van der Waals surface area contributed by atoms with Crippen LogP contribution in [0.5, 0.6) is 5.75 Å². The van der Waals surface area contributed by atoms with Gasteiger partial charge in [-0.1, -0.05) is 158 Å². The van der Waals surface area contributed by atoms with Crippen molar-refractivity contribution in [1.82, 2.24) is 15.0 Å². The van der Waals surface area contributed by atoms with Crippen LogP contribution in [0.15, 0.2) is 188 Å². The Morgan fingerprint density at radius 3 is 1.75 bits per heavy atom. The van der Waals surface area contributed by atoms with E-state index in [1.807, 2.05) is 6.07 Å². The van der Waals surface area contributed by atoms with Gasteiger partial charge in [-0.15, -0.1) is 0 Å². The van der Waals surface area contributed by atoms with Crippen molar-refractivity contribution in [3.05, 3.63) is 199 Å². The fourth-order valence-corrected chi connectivity index (χ4v) is 8.31. The van der Waals surface area contributed by atoms with E-state index in [0.29, 0.717) is 17.5 Å². The Labute approximate surface area is 318 Å². The van der Waals surface area contributed by atoms with Crippen LogP contribution in [0.2, 0.25) is 0 Å². The Morgan fingerprint density at radius 1 is 0.418 bits per heavy atom. The van der Waals surface area contributed by atoms with E-state index < -0.39 is 0 Å². The fraction of sp³-hybridized carbons (Fsp3) is 0.0392. The second-order valence-corrected chi connectivity index (χ2v) is 14.4. The Bertz CT molecular complexity index is 3030. The largest absolute Gasteiger partial charge is 0.485 e. The average Bonchev–Trinajstić information content (AvgIpc) is 3.65. The van der Waals surface area contributed by atoms with Crippen LogP contribution in [-0.4, -0.2) is 21.1 Å². The predicted octanol–water partition coefficient (Wildman–Crippen LogP) is 12.5. The maximum absolute atomic E-state index is 6.31.